The van der Waals surface area contributed by atoms with Gasteiger partial charge in [0.1, 0.15) is 16.3 Å². The van der Waals surface area contributed by atoms with Crippen LogP contribution in [0, 0.1) is 0 Å². The maximum atomic E-state index is 12.8. The van der Waals surface area contributed by atoms with Crippen LogP contribution >= 0.6 is 11.5 Å². The van der Waals surface area contributed by atoms with Crippen LogP contribution in [0.1, 0.15) is 38.5 Å². The van der Waals surface area contributed by atoms with Crippen LogP contribution in [0.4, 0.5) is 10.9 Å². The minimum atomic E-state index is -3.58. The monoisotopic (exact) mass is 472 g/mol. The number of nitrogens with one attached hydrogen (secondary N) is 1. The fourth-order valence-electron chi connectivity index (χ4n) is 3.82. The van der Waals surface area contributed by atoms with Crippen molar-refractivity contribution in [2.24, 2.45) is 0 Å². The van der Waals surface area contributed by atoms with E-state index in [0.29, 0.717) is 29.7 Å². The number of pyridine rings is 2. The van der Waals surface area contributed by atoms with Crippen LogP contribution in [0.3, 0.4) is 0 Å². The number of hydrogen-bond acceptors (Lipinski definition) is 9. The minimum absolute atomic E-state index is 0.137. The Morgan fingerprint density at radius 2 is 1.91 bits per heavy atom. The maximum absolute atomic E-state index is 12.8. The largest absolute Gasteiger partial charge is 0.490 e. The molecule has 0 aromatic carbocycles. The zero-order chi connectivity index (χ0) is 22.0. The Morgan fingerprint density at radius 3 is 2.69 bits per heavy atom. The number of hydrogen-bond donors (Lipinski definition) is 1. The quantitative estimate of drug-likeness (QED) is 0.552. The van der Waals surface area contributed by atoms with Crippen molar-refractivity contribution in [3.8, 4) is 17.3 Å². The summed E-state index contributed by atoms with van der Waals surface area (Å²) in [4.78, 5) is 13.2. The lowest BCUT2D eigenvalue weighted by Crippen LogP contribution is -2.42. The fraction of sp³-hybridized carbons (Fsp3) is 0.429. The summed E-state index contributed by atoms with van der Waals surface area (Å²) in [6.45, 7) is 1.06. The Morgan fingerprint density at radius 1 is 1.06 bits per heavy atom. The summed E-state index contributed by atoms with van der Waals surface area (Å²) in [7, 11) is -3.58. The molecular weight excluding hydrogens is 448 g/mol. The Bertz CT molecular complexity index is 1190. The second-order valence-corrected chi connectivity index (χ2v) is 10.6. The molecule has 1 aliphatic heterocycles. The van der Waals surface area contributed by atoms with Gasteiger partial charge in [0.2, 0.25) is 15.2 Å². The van der Waals surface area contributed by atoms with Crippen LogP contribution in [0.2, 0.25) is 0 Å². The molecule has 32 heavy (non-hydrogen) atoms. The molecule has 3 aromatic rings. The van der Waals surface area contributed by atoms with E-state index in [0.717, 1.165) is 36.5 Å². The van der Waals surface area contributed by atoms with Gasteiger partial charge in [0.25, 0.3) is 0 Å². The average molecular weight is 473 g/mol. The molecule has 4 heterocycles. The zero-order valence-corrected chi connectivity index (χ0v) is 19.1. The van der Waals surface area contributed by atoms with Crippen molar-refractivity contribution in [2.75, 3.05) is 18.4 Å². The van der Waals surface area contributed by atoms with Crippen molar-refractivity contribution < 1.29 is 13.2 Å². The van der Waals surface area contributed by atoms with Crippen molar-refractivity contribution in [3.05, 3.63) is 36.7 Å². The first-order valence-electron chi connectivity index (χ1n) is 10.8. The first-order chi connectivity index (χ1) is 15.6. The van der Waals surface area contributed by atoms with E-state index in [1.165, 1.54) is 23.6 Å². The van der Waals surface area contributed by atoms with E-state index in [-0.39, 0.29) is 16.8 Å². The van der Waals surface area contributed by atoms with Crippen molar-refractivity contribution in [1.82, 2.24) is 23.6 Å². The van der Waals surface area contributed by atoms with Crippen molar-refractivity contribution in [3.63, 3.8) is 0 Å². The number of anilines is 2. The molecule has 3 aromatic heterocycles. The SMILES string of the molecule is O=S(=O)(c1cccnc1Nc1nc(-c2cc(OC3CCCCC3)ccn2)ns1)N1CCC1. The van der Waals surface area contributed by atoms with E-state index in [1.807, 2.05) is 12.1 Å². The van der Waals surface area contributed by atoms with E-state index in [9.17, 15) is 8.42 Å². The van der Waals surface area contributed by atoms with Gasteiger partial charge in [0.15, 0.2) is 11.6 Å². The number of rotatable bonds is 7. The molecule has 0 amide bonds. The molecule has 0 bridgehead atoms. The van der Waals surface area contributed by atoms with Crippen LogP contribution < -0.4 is 10.1 Å². The highest BCUT2D eigenvalue weighted by molar-refractivity contribution is 7.89. The molecule has 0 spiro atoms. The molecule has 5 rings (SSSR count). The van der Waals surface area contributed by atoms with Crippen molar-refractivity contribution in [1.29, 1.82) is 0 Å². The molecule has 0 radical (unpaired) electrons. The van der Waals surface area contributed by atoms with Gasteiger partial charge in [-0.25, -0.2) is 13.4 Å². The summed E-state index contributed by atoms with van der Waals surface area (Å²) in [5.41, 5.74) is 0.608. The maximum Gasteiger partial charge on any atom is 0.246 e. The van der Waals surface area contributed by atoms with Crippen LogP contribution in [0.25, 0.3) is 11.5 Å². The molecule has 1 aliphatic carbocycles. The second kappa shape index (κ2) is 9.08. The topological polar surface area (TPSA) is 110 Å². The molecule has 0 unspecified atom stereocenters. The van der Waals surface area contributed by atoms with E-state index in [4.69, 9.17) is 4.74 Å². The molecule has 1 saturated carbocycles. The van der Waals surface area contributed by atoms with Gasteiger partial charge in [0, 0.05) is 43.1 Å². The average Bonchev–Trinajstić information content (AvgIpc) is 3.22. The van der Waals surface area contributed by atoms with Gasteiger partial charge in [0.05, 0.1) is 6.10 Å². The third-order valence-corrected chi connectivity index (χ3v) is 8.23. The Balaban J connectivity index is 1.34. The van der Waals surface area contributed by atoms with Gasteiger partial charge < -0.3 is 10.1 Å². The van der Waals surface area contributed by atoms with E-state index < -0.39 is 10.0 Å². The van der Waals surface area contributed by atoms with Gasteiger partial charge in [-0.15, -0.1) is 0 Å². The lowest BCUT2D eigenvalue weighted by Gasteiger charge is -2.30. The van der Waals surface area contributed by atoms with Gasteiger partial charge >= 0.3 is 0 Å². The number of nitrogens with zero attached hydrogens (tertiary/aromatic N) is 5. The van der Waals surface area contributed by atoms with Crippen LogP contribution in [-0.4, -0.2) is 51.2 Å². The predicted molar refractivity (Wildman–Crippen MR) is 122 cm³/mol. The van der Waals surface area contributed by atoms with Crippen molar-refractivity contribution >= 4 is 32.5 Å². The van der Waals surface area contributed by atoms with Gasteiger partial charge in [-0.3, -0.25) is 4.98 Å². The minimum Gasteiger partial charge on any atom is -0.490 e. The molecule has 1 saturated heterocycles. The smallest absolute Gasteiger partial charge is 0.246 e. The first-order valence-corrected chi connectivity index (χ1v) is 13.0. The summed E-state index contributed by atoms with van der Waals surface area (Å²) in [5, 5.41) is 3.46. The molecule has 0 atom stereocenters. The molecule has 2 fully saturated rings. The summed E-state index contributed by atoms with van der Waals surface area (Å²) < 4.78 is 37.6. The molecule has 1 N–H and O–H groups in total. The normalized spacial score (nSPS) is 17.6. The van der Waals surface area contributed by atoms with Crippen LogP contribution in [-0.2, 0) is 10.0 Å². The Hall–Kier alpha value is -2.63. The number of sulfonamides is 1. The molecule has 168 valence electrons. The van der Waals surface area contributed by atoms with E-state index >= 15 is 0 Å². The molecule has 9 nitrogen and oxygen atoms in total. The third kappa shape index (κ3) is 4.45. The van der Waals surface area contributed by atoms with E-state index in [2.05, 4.69) is 24.6 Å². The first kappa shape index (κ1) is 21.2. The molecule has 2 aliphatic rings. The lowest BCUT2D eigenvalue weighted by atomic mass is 9.98. The van der Waals surface area contributed by atoms with Gasteiger partial charge in [-0.05, 0) is 50.3 Å². The van der Waals surface area contributed by atoms with Crippen LogP contribution in [0.15, 0.2) is 41.6 Å². The molecular formula is C21H24N6O3S2. The molecule has 11 heteroatoms. The zero-order valence-electron chi connectivity index (χ0n) is 17.5. The summed E-state index contributed by atoms with van der Waals surface area (Å²) >= 11 is 1.13. The fourth-order valence-corrected chi connectivity index (χ4v) is 6.01. The summed E-state index contributed by atoms with van der Waals surface area (Å²) in [5.74, 6) is 1.46. The third-order valence-electron chi connectivity index (χ3n) is 5.67. The Kier molecular flexibility index (Phi) is 6.03. The number of aromatic nitrogens is 4. The number of ether oxygens (including phenoxy) is 1. The second-order valence-electron chi connectivity index (χ2n) is 7.91. The highest BCUT2D eigenvalue weighted by Crippen LogP contribution is 2.30. The lowest BCUT2D eigenvalue weighted by molar-refractivity contribution is 0.155. The summed E-state index contributed by atoms with van der Waals surface area (Å²) in [6, 6.07) is 6.87. The highest BCUT2D eigenvalue weighted by Gasteiger charge is 2.32. The highest BCUT2D eigenvalue weighted by atomic mass is 32.2. The van der Waals surface area contributed by atoms with Crippen molar-refractivity contribution in [2.45, 2.75) is 49.5 Å². The van der Waals surface area contributed by atoms with Gasteiger partial charge in [-0.2, -0.15) is 13.7 Å². The van der Waals surface area contributed by atoms with Gasteiger partial charge in [-0.1, -0.05) is 6.42 Å². The van der Waals surface area contributed by atoms with Crippen LogP contribution in [0.5, 0.6) is 5.75 Å². The standard InChI is InChI=1S/C21H24N6O3S2/c28-32(29,27-12-5-13-27)18-8-4-10-23-20(18)25-21-24-19(26-31-21)17-14-16(9-11-22-17)30-15-6-2-1-3-7-15/h4,8-11,14-15H,1-3,5-7,12-13H2,(H,23,24,25,26). The predicted octanol–water partition coefficient (Wildman–Crippen LogP) is 3.84. The van der Waals surface area contributed by atoms with E-state index in [1.54, 1.807) is 24.5 Å². The summed E-state index contributed by atoms with van der Waals surface area (Å²) in [6.07, 6.45) is 10.2. The Labute approximate surface area is 191 Å².